The van der Waals surface area contributed by atoms with E-state index in [2.05, 4.69) is 0 Å². The Hall–Kier alpha value is -1.82. The summed E-state index contributed by atoms with van der Waals surface area (Å²) in [5.74, 6) is 0.146. The minimum Gasteiger partial charge on any atom is -0.496 e. The van der Waals surface area contributed by atoms with E-state index >= 15 is 0 Å². The molecule has 1 aliphatic rings. The van der Waals surface area contributed by atoms with Crippen molar-refractivity contribution in [1.29, 1.82) is 0 Å². The molecule has 0 radical (unpaired) electrons. The highest BCUT2D eigenvalue weighted by atomic mass is 19.1. The Morgan fingerprint density at radius 1 is 1.45 bits per heavy atom. The van der Waals surface area contributed by atoms with E-state index in [0.717, 1.165) is 0 Å². The number of amides is 1. The summed E-state index contributed by atoms with van der Waals surface area (Å²) in [7, 11) is 1.49. The van der Waals surface area contributed by atoms with Crippen molar-refractivity contribution in [2.45, 2.75) is 24.9 Å². The average Bonchev–Trinajstić information content (AvgIpc) is 2.39. The highest BCUT2D eigenvalue weighted by molar-refractivity contribution is 5.65. The summed E-state index contributed by atoms with van der Waals surface area (Å²) < 4.78 is 18.5. The van der Waals surface area contributed by atoms with E-state index < -0.39 is 11.7 Å². The van der Waals surface area contributed by atoms with Gasteiger partial charge in [-0.2, -0.15) is 0 Å². The lowest BCUT2D eigenvalue weighted by atomic mass is 9.85. The van der Waals surface area contributed by atoms with Gasteiger partial charge in [0.2, 0.25) is 0 Å². The Bertz CT molecular complexity index is 498. The molecule has 1 aliphatic heterocycles. The van der Waals surface area contributed by atoms with E-state index in [1.54, 1.807) is 0 Å². The van der Waals surface area contributed by atoms with Crippen LogP contribution in [0.2, 0.25) is 0 Å². The molecule has 1 aromatic carbocycles. The lowest BCUT2D eigenvalue weighted by Crippen LogP contribution is -2.47. The number of piperidine rings is 1. The van der Waals surface area contributed by atoms with Crippen molar-refractivity contribution in [2.24, 2.45) is 0 Å². The van der Waals surface area contributed by atoms with Crippen LogP contribution in [-0.2, 0) is 6.42 Å². The lowest BCUT2D eigenvalue weighted by Gasteiger charge is -2.37. The molecule has 0 bridgehead atoms. The van der Waals surface area contributed by atoms with E-state index in [1.165, 1.54) is 30.2 Å². The van der Waals surface area contributed by atoms with Gasteiger partial charge in [0.1, 0.15) is 11.6 Å². The summed E-state index contributed by atoms with van der Waals surface area (Å²) in [6.45, 7) is 0.562. The van der Waals surface area contributed by atoms with Gasteiger partial charge in [0, 0.05) is 19.5 Å². The molecule has 0 aliphatic carbocycles. The molecular weight excluding hydrogens is 265 g/mol. The number of methoxy groups -OCH3 is 1. The van der Waals surface area contributed by atoms with Crippen LogP contribution < -0.4 is 4.74 Å². The van der Waals surface area contributed by atoms with Gasteiger partial charge < -0.3 is 19.8 Å². The summed E-state index contributed by atoms with van der Waals surface area (Å²) in [6, 6.07) is 4.18. The average molecular weight is 283 g/mol. The first-order chi connectivity index (χ1) is 9.43. The van der Waals surface area contributed by atoms with Gasteiger partial charge in [-0.05, 0) is 36.6 Å². The van der Waals surface area contributed by atoms with Gasteiger partial charge in [0.15, 0.2) is 0 Å². The van der Waals surface area contributed by atoms with Crippen molar-refractivity contribution in [3.05, 3.63) is 29.6 Å². The number of rotatable bonds is 3. The zero-order valence-corrected chi connectivity index (χ0v) is 11.3. The normalized spacial score (nSPS) is 17.9. The van der Waals surface area contributed by atoms with Crippen molar-refractivity contribution in [2.75, 3.05) is 20.2 Å². The van der Waals surface area contributed by atoms with Crippen LogP contribution in [0.5, 0.6) is 5.75 Å². The molecule has 0 spiro atoms. The molecule has 1 fully saturated rings. The molecule has 1 amide bonds. The molecular formula is C14H18FNO4. The second-order valence-corrected chi connectivity index (χ2v) is 5.13. The zero-order valence-electron chi connectivity index (χ0n) is 11.3. The van der Waals surface area contributed by atoms with Crippen LogP contribution in [0.4, 0.5) is 9.18 Å². The number of likely N-dealkylation sites (tertiary alicyclic amines) is 1. The monoisotopic (exact) mass is 283 g/mol. The summed E-state index contributed by atoms with van der Waals surface area (Å²) >= 11 is 0. The van der Waals surface area contributed by atoms with E-state index in [-0.39, 0.29) is 25.3 Å². The largest absolute Gasteiger partial charge is 0.496 e. The topological polar surface area (TPSA) is 70.0 Å². The number of hydrogen-bond donors (Lipinski definition) is 2. The van der Waals surface area contributed by atoms with Crippen molar-refractivity contribution < 1.29 is 24.1 Å². The third-order valence-corrected chi connectivity index (χ3v) is 3.73. The highest BCUT2D eigenvalue weighted by Gasteiger charge is 2.34. The van der Waals surface area contributed by atoms with E-state index in [4.69, 9.17) is 9.84 Å². The van der Waals surface area contributed by atoms with Crippen LogP contribution in [0.3, 0.4) is 0 Å². The van der Waals surface area contributed by atoms with Gasteiger partial charge in [-0.25, -0.2) is 9.18 Å². The number of hydrogen-bond acceptors (Lipinski definition) is 3. The lowest BCUT2D eigenvalue weighted by molar-refractivity contribution is -0.0166. The molecule has 0 atom stereocenters. The van der Waals surface area contributed by atoms with Crippen LogP contribution in [0.15, 0.2) is 18.2 Å². The molecule has 110 valence electrons. The fourth-order valence-electron chi connectivity index (χ4n) is 2.53. The summed E-state index contributed by atoms with van der Waals surface area (Å²) in [6.07, 6.45) is -0.0605. The SMILES string of the molecule is COc1ccc(F)cc1CC1(O)CCN(C(=O)O)CC1. The predicted molar refractivity (Wildman–Crippen MR) is 70.4 cm³/mol. The minimum atomic E-state index is -1.02. The predicted octanol–water partition coefficient (Wildman–Crippen LogP) is 1.88. The van der Waals surface area contributed by atoms with Crippen LogP contribution in [0, 0.1) is 5.82 Å². The van der Waals surface area contributed by atoms with Crippen molar-refractivity contribution in [1.82, 2.24) is 4.90 Å². The van der Waals surface area contributed by atoms with Crippen LogP contribution in [0.25, 0.3) is 0 Å². The van der Waals surface area contributed by atoms with E-state index in [0.29, 0.717) is 24.2 Å². The molecule has 5 nitrogen and oxygen atoms in total. The zero-order chi connectivity index (χ0) is 14.8. The van der Waals surface area contributed by atoms with Crippen LogP contribution >= 0.6 is 0 Å². The number of carbonyl (C=O) groups is 1. The van der Waals surface area contributed by atoms with Crippen molar-refractivity contribution in [3.8, 4) is 5.75 Å². The first-order valence-corrected chi connectivity index (χ1v) is 6.46. The van der Waals surface area contributed by atoms with E-state index in [1.807, 2.05) is 0 Å². The maximum absolute atomic E-state index is 13.3. The Labute approximate surface area is 116 Å². The molecule has 2 rings (SSSR count). The first kappa shape index (κ1) is 14.6. The maximum Gasteiger partial charge on any atom is 0.407 e. The fraction of sp³-hybridized carbons (Fsp3) is 0.500. The van der Waals surface area contributed by atoms with Crippen LogP contribution in [0.1, 0.15) is 18.4 Å². The van der Waals surface area contributed by atoms with Crippen molar-refractivity contribution in [3.63, 3.8) is 0 Å². The first-order valence-electron chi connectivity index (χ1n) is 6.46. The number of carboxylic acid groups (broad SMARTS) is 1. The quantitative estimate of drug-likeness (QED) is 0.888. The van der Waals surface area contributed by atoms with Gasteiger partial charge in [-0.3, -0.25) is 0 Å². The Morgan fingerprint density at radius 2 is 2.10 bits per heavy atom. The van der Waals surface area contributed by atoms with Crippen LogP contribution in [-0.4, -0.2) is 47.0 Å². The number of aliphatic hydroxyl groups is 1. The minimum absolute atomic E-state index is 0.251. The molecule has 1 heterocycles. The molecule has 0 saturated carbocycles. The third-order valence-electron chi connectivity index (χ3n) is 3.73. The number of halogens is 1. The van der Waals surface area contributed by atoms with Gasteiger partial charge in [-0.1, -0.05) is 0 Å². The smallest absolute Gasteiger partial charge is 0.407 e. The van der Waals surface area contributed by atoms with Gasteiger partial charge in [0.25, 0.3) is 0 Å². The number of nitrogens with zero attached hydrogens (tertiary/aromatic N) is 1. The molecule has 0 unspecified atom stereocenters. The summed E-state index contributed by atoms with van der Waals surface area (Å²) in [5, 5.41) is 19.4. The van der Waals surface area contributed by atoms with E-state index in [9.17, 15) is 14.3 Å². The standard InChI is InChI=1S/C14H18FNO4/c1-20-12-3-2-11(15)8-10(12)9-14(19)4-6-16(7-5-14)13(17)18/h2-3,8,19H,4-7,9H2,1H3,(H,17,18). The number of benzene rings is 1. The van der Waals surface area contributed by atoms with Crippen molar-refractivity contribution >= 4 is 6.09 Å². The maximum atomic E-state index is 13.3. The molecule has 2 N–H and O–H groups in total. The highest BCUT2D eigenvalue weighted by Crippen LogP contribution is 2.30. The van der Waals surface area contributed by atoms with Gasteiger partial charge in [0.05, 0.1) is 12.7 Å². The Morgan fingerprint density at radius 3 is 2.65 bits per heavy atom. The van der Waals surface area contributed by atoms with Gasteiger partial charge in [-0.15, -0.1) is 0 Å². The Balaban J connectivity index is 2.10. The fourth-order valence-corrected chi connectivity index (χ4v) is 2.53. The molecule has 6 heteroatoms. The molecule has 1 aromatic rings. The molecule has 0 aromatic heterocycles. The summed E-state index contributed by atoms with van der Waals surface area (Å²) in [4.78, 5) is 12.1. The Kier molecular flexibility index (Phi) is 4.13. The molecule has 20 heavy (non-hydrogen) atoms. The second kappa shape index (κ2) is 5.66. The molecule has 1 saturated heterocycles. The number of ether oxygens (including phenoxy) is 1. The third kappa shape index (κ3) is 3.19. The second-order valence-electron chi connectivity index (χ2n) is 5.13. The summed E-state index contributed by atoms with van der Waals surface area (Å²) in [5.41, 5.74) is -0.425. The van der Waals surface area contributed by atoms with Gasteiger partial charge >= 0.3 is 6.09 Å².